The van der Waals surface area contributed by atoms with Gasteiger partial charge in [0.15, 0.2) is 0 Å². The van der Waals surface area contributed by atoms with Gasteiger partial charge in [0, 0.05) is 0 Å². The van der Waals surface area contributed by atoms with Crippen molar-refractivity contribution in [2.24, 2.45) is 0 Å². The lowest BCUT2D eigenvalue weighted by Gasteiger charge is -2.33. The minimum Gasteiger partial charge on any atom is -0.497 e. The number of hydrogen-bond donors (Lipinski definition) is 0. The van der Waals surface area contributed by atoms with Gasteiger partial charge in [-0.25, -0.2) is 9.78 Å². The molecule has 1 heterocycles. The van der Waals surface area contributed by atoms with Crippen LogP contribution in [0, 0.1) is 0 Å². The number of aromatic nitrogens is 1. The lowest BCUT2D eigenvalue weighted by molar-refractivity contribution is 0.374. The molecule has 0 bridgehead atoms. The minimum absolute atomic E-state index is 0.374. The van der Waals surface area contributed by atoms with Crippen molar-refractivity contribution in [3.8, 4) is 5.75 Å². The van der Waals surface area contributed by atoms with Crippen LogP contribution in [0.4, 0.5) is 0 Å². The van der Waals surface area contributed by atoms with Gasteiger partial charge in [-0.3, -0.25) is 0 Å². The fourth-order valence-corrected chi connectivity index (χ4v) is 4.39. The molecule has 0 saturated heterocycles. The zero-order chi connectivity index (χ0) is 22.7. The van der Waals surface area contributed by atoms with Crippen molar-refractivity contribution in [3.63, 3.8) is 0 Å². The minimum atomic E-state index is -0.805. The van der Waals surface area contributed by atoms with E-state index in [9.17, 15) is 4.79 Å². The van der Waals surface area contributed by atoms with Crippen molar-refractivity contribution in [1.82, 2.24) is 4.98 Å². The Bertz CT molecular complexity index is 1390. The van der Waals surface area contributed by atoms with Crippen LogP contribution in [0.5, 0.6) is 5.75 Å². The molecule has 0 amide bonds. The largest absolute Gasteiger partial charge is 0.497 e. The third-order valence-corrected chi connectivity index (χ3v) is 6.06. The van der Waals surface area contributed by atoms with Crippen LogP contribution < -0.4 is 10.4 Å². The average molecular weight is 434 g/mol. The van der Waals surface area contributed by atoms with Gasteiger partial charge in [-0.15, -0.1) is 0 Å². The van der Waals surface area contributed by atoms with Gasteiger partial charge in [-0.1, -0.05) is 84.9 Å². The van der Waals surface area contributed by atoms with Gasteiger partial charge in [0.25, 0.3) is 0 Å². The molecule has 0 atom stereocenters. The van der Waals surface area contributed by atoms with Crippen LogP contribution in [0.15, 0.2) is 118 Å². The summed E-state index contributed by atoms with van der Waals surface area (Å²) in [5.74, 6) is 1.17. The van der Waals surface area contributed by atoms with E-state index in [1.807, 2.05) is 78.9 Å². The first-order chi connectivity index (χ1) is 16.2. The van der Waals surface area contributed by atoms with Gasteiger partial charge in [0.2, 0.25) is 5.89 Å². The van der Waals surface area contributed by atoms with E-state index in [0.717, 1.165) is 22.4 Å². The molecule has 162 valence electrons. The smallest absolute Gasteiger partial charge is 0.346 e. The fraction of sp³-hybridized carbons (Fsp3) is 0.103. The predicted octanol–water partition coefficient (Wildman–Crippen LogP) is 5.77. The van der Waals surface area contributed by atoms with Crippen molar-refractivity contribution in [2.75, 3.05) is 7.11 Å². The zero-order valence-corrected chi connectivity index (χ0v) is 18.3. The second kappa shape index (κ2) is 8.75. The van der Waals surface area contributed by atoms with E-state index in [2.05, 4.69) is 24.3 Å². The molecule has 4 nitrogen and oxygen atoms in total. The maximum absolute atomic E-state index is 13.0. The van der Waals surface area contributed by atoms with Gasteiger partial charge in [-0.05, 0) is 47.4 Å². The molecular weight excluding hydrogens is 410 g/mol. The second-order valence-corrected chi connectivity index (χ2v) is 7.99. The maximum atomic E-state index is 13.0. The first kappa shape index (κ1) is 20.7. The zero-order valence-electron chi connectivity index (χ0n) is 18.3. The molecule has 0 fully saturated rings. The lowest BCUT2D eigenvalue weighted by Crippen LogP contribution is -2.34. The van der Waals surface area contributed by atoms with Crippen LogP contribution in [0.25, 0.3) is 10.9 Å². The summed E-state index contributed by atoms with van der Waals surface area (Å²) in [4.78, 5) is 17.9. The molecule has 4 heteroatoms. The lowest BCUT2D eigenvalue weighted by atomic mass is 9.70. The summed E-state index contributed by atoms with van der Waals surface area (Å²) in [6, 6.07) is 35.5. The molecule has 0 N–H and O–H groups in total. The maximum Gasteiger partial charge on any atom is 0.346 e. The number of methoxy groups -OCH3 is 1. The molecule has 0 aliphatic rings. The number of ether oxygens (including phenoxy) is 1. The van der Waals surface area contributed by atoms with E-state index in [0.29, 0.717) is 23.2 Å². The van der Waals surface area contributed by atoms with Gasteiger partial charge >= 0.3 is 5.63 Å². The molecule has 1 aromatic heterocycles. The van der Waals surface area contributed by atoms with Crippen molar-refractivity contribution >= 4 is 10.9 Å². The topological polar surface area (TPSA) is 52.3 Å². The standard InChI is InChI=1S/C29H23NO3/c1-32-24-18-16-21(17-19-24)20-29(22-10-4-2-5-11-22,23-12-6-3-7-13-23)28-30-26-15-9-8-14-25(26)27(31)33-28/h2-19H,20H2,1H3. The van der Waals surface area contributed by atoms with Gasteiger partial charge < -0.3 is 9.15 Å². The van der Waals surface area contributed by atoms with E-state index in [1.165, 1.54) is 0 Å². The van der Waals surface area contributed by atoms with Crippen LogP contribution in [0.2, 0.25) is 0 Å². The summed E-state index contributed by atoms with van der Waals surface area (Å²) >= 11 is 0. The quantitative estimate of drug-likeness (QED) is 0.341. The van der Waals surface area contributed by atoms with E-state index >= 15 is 0 Å². The molecule has 0 unspecified atom stereocenters. The molecule has 0 saturated carbocycles. The van der Waals surface area contributed by atoms with E-state index in [4.69, 9.17) is 14.1 Å². The summed E-state index contributed by atoms with van der Waals surface area (Å²) in [5, 5.41) is 0.473. The highest BCUT2D eigenvalue weighted by Gasteiger charge is 2.41. The monoisotopic (exact) mass is 433 g/mol. The Morgan fingerprint density at radius 3 is 1.94 bits per heavy atom. The van der Waals surface area contributed by atoms with Gasteiger partial charge in [-0.2, -0.15) is 0 Å². The van der Waals surface area contributed by atoms with E-state index in [1.54, 1.807) is 13.2 Å². The second-order valence-electron chi connectivity index (χ2n) is 7.99. The number of benzene rings is 4. The fourth-order valence-electron chi connectivity index (χ4n) is 4.39. The first-order valence-corrected chi connectivity index (χ1v) is 10.8. The average Bonchev–Trinajstić information content (AvgIpc) is 2.89. The summed E-state index contributed by atoms with van der Waals surface area (Å²) in [5.41, 5.74) is 2.49. The summed E-state index contributed by atoms with van der Waals surface area (Å²) in [6.07, 6.45) is 0.555. The van der Waals surface area contributed by atoms with Crippen molar-refractivity contribution in [2.45, 2.75) is 11.8 Å². The number of nitrogens with zero attached hydrogens (tertiary/aromatic N) is 1. The summed E-state index contributed by atoms with van der Waals surface area (Å²) < 4.78 is 11.3. The number of rotatable bonds is 6. The first-order valence-electron chi connectivity index (χ1n) is 10.8. The molecule has 0 aliphatic heterocycles. The number of hydrogen-bond acceptors (Lipinski definition) is 4. The highest BCUT2D eigenvalue weighted by Crippen LogP contribution is 2.41. The molecule has 5 aromatic rings. The highest BCUT2D eigenvalue weighted by atomic mass is 16.5. The SMILES string of the molecule is COc1ccc(CC(c2ccccc2)(c2ccccc2)c2nc3ccccc3c(=O)o2)cc1. The normalized spacial score (nSPS) is 11.4. The Kier molecular flexibility index (Phi) is 5.49. The van der Waals surface area contributed by atoms with Crippen LogP contribution in [0.1, 0.15) is 22.6 Å². The summed E-state index contributed by atoms with van der Waals surface area (Å²) in [7, 11) is 1.65. The van der Waals surface area contributed by atoms with Crippen LogP contribution in [-0.2, 0) is 11.8 Å². The molecule has 0 spiro atoms. The highest BCUT2D eigenvalue weighted by molar-refractivity contribution is 5.77. The predicted molar refractivity (Wildman–Crippen MR) is 130 cm³/mol. The van der Waals surface area contributed by atoms with Crippen LogP contribution >= 0.6 is 0 Å². The molecule has 0 radical (unpaired) electrons. The Morgan fingerprint density at radius 1 is 0.758 bits per heavy atom. The van der Waals surface area contributed by atoms with Gasteiger partial charge in [0.05, 0.1) is 18.0 Å². The molecular formula is C29H23NO3. The summed E-state index contributed by atoms with van der Waals surface area (Å²) in [6.45, 7) is 0. The molecule has 33 heavy (non-hydrogen) atoms. The van der Waals surface area contributed by atoms with Crippen LogP contribution in [-0.4, -0.2) is 12.1 Å². The molecule has 4 aromatic carbocycles. The van der Waals surface area contributed by atoms with E-state index < -0.39 is 5.41 Å². The van der Waals surface area contributed by atoms with Crippen molar-refractivity contribution < 1.29 is 9.15 Å². The number of para-hydroxylation sites is 1. The Hall–Kier alpha value is -4.18. The van der Waals surface area contributed by atoms with Crippen LogP contribution in [0.3, 0.4) is 0 Å². The van der Waals surface area contributed by atoms with Crippen molar-refractivity contribution in [1.29, 1.82) is 0 Å². The van der Waals surface area contributed by atoms with Crippen molar-refractivity contribution in [3.05, 3.63) is 142 Å². The third kappa shape index (κ3) is 3.80. The van der Waals surface area contributed by atoms with E-state index in [-0.39, 0.29) is 5.63 Å². The molecule has 5 rings (SSSR count). The Morgan fingerprint density at radius 2 is 1.33 bits per heavy atom. The Labute approximate surface area is 192 Å². The third-order valence-electron chi connectivity index (χ3n) is 6.06. The number of fused-ring (bicyclic) bond motifs is 1. The Balaban J connectivity index is 1.82. The van der Waals surface area contributed by atoms with Gasteiger partial charge in [0.1, 0.15) is 11.2 Å². The molecule has 0 aliphatic carbocycles.